The van der Waals surface area contributed by atoms with Gasteiger partial charge in [-0.25, -0.2) is 0 Å². The van der Waals surface area contributed by atoms with Gasteiger partial charge < -0.3 is 24.6 Å². The van der Waals surface area contributed by atoms with Gasteiger partial charge in [0.2, 0.25) is 0 Å². The van der Waals surface area contributed by atoms with E-state index >= 15 is 0 Å². The van der Waals surface area contributed by atoms with Gasteiger partial charge in [-0.3, -0.25) is 9.59 Å². The third-order valence-corrected chi connectivity index (χ3v) is 8.56. The highest BCUT2D eigenvalue weighted by molar-refractivity contribution is 5.94. The van der Waals surface area contributed by atoms with Crippen molar-refractivity contribution in [2.75, 3.05) is 18.9 Å². The molecule has 40 heavy (non-hydrogen) atoms. The van der Waals surface area contributed by atoms with E-state index in [9.17, 15) is 9.59 Å². The van der Waals surface area contributed by atoms with Crippen LogP contribution in [0, 0.1) is 19.8 Å². The van der Waals surface area contributed by atoms with Crippen LogP contribution in [0.2, 0.25) is 0 Å². The molecular formula is C32H39N3O5. The van der Waals surface area contributed by atoms with Crippen molar-refractivity contribution >= 4 is 17.6 Å². The maximum Gasteiger partial charge on any atom is 0.305 e. The van der Waals surface area contributed by atoms with Crippen LogP contribution in [-0.4, -0.2) is 52.8 Å². The molecule has 5 rings (SSSR count). The largest absolute Gasteiger partial charge is 0.487 e. The average molecular weight is 546 g/mol. The third kappa shape index (κ3) is 5.71. The number of aromatic nitrogens is 1. The van der Waals surface area contributed by atoms with Crippen LogP contribution < -0.4 is 10.1 Å². The smallest absolute Gasteiger partial charge is 0.305 e. The lowest BCUT2D eigenvalue weighted by atomic mass is 9.78. The number of hydrogen-bond acceptors (Lipinski definition) is 6. The summed E-state index contributed by atoms with van der Waals surface area (Å²) in [5, 5.41) is 16.9. The number of aliphatic carboxylic acids is 1. The van der Waals surface area contributed by atoms with E-state index < -0.39 is 5.97 Å². The molecule has 1 aliphatic carbocycles. The van der Waals surface area contributed by atoms with Crippen molar-refractivity contribution in [3.05, 3.63) is 65.0 Å². The summed E-state index contributed by atoms with van der Waals surface area (Å²) in [5.74, 6) is 1.32. The van der Waals surface area contributed by atoms with Gasteiger partial charge in [-0.05, 0) is 74.6 Å². The molecule has 1 fully saturated rings. The number of aryl methyl sites for hydroxylation is 2. The predicted octanol–water partition coefficient (Wildman–Crippen LogP) is 6.43. The second-order valence-electron chi connectivity index (χ2n) is 11.3. The zero-order valence-electron chi connectivity index (χ0n) is 23.8. The highest BCUT2D eigenvalue weighted by atomic mass is 16.5. The van der Waals surface area contributed by atoms with Gasteiger partial charge in [-0.15, -0.1) is 0 Å². The molecule has 0 saturated heterocycles. The van der Waals surface area contributed by atoms with Gasteiger partial charge in [-0.1, -0.05) is 37.4 Å². The molecule has 2 N–H and O–H groups in total. The number of carbonyl (C=O) groups is 2. The van der Waals surface area contributed by atoms with Crippen LogP contribution in [0.15, 0.2) is 47.0 Å². The molecule has 1 amide bonds. The Balaban J connectivity index is 1.36. The predicted molar refractivity (Wildman–Crippen MR) is 154 cm³/mol. The number of carboxylic acids is 1. The van der Waals surface area contributed by atoms with E-state index in [1.54, 1.807) is 7.05 Å². The van der Waals surface area contributed by atoms with Crippen LogP contribution in [-0.2, 0) is 4.79 Å². The number of amides is 1. The van der Waals surface area contributed by atoms with Gasteiger partial charge in [0.25, 0.3) is 5.91 Å². The first kappa shape index (κ1) is 27.7. The summed E-state index contributed by atoms with van der Waals surface area (Å²) in [6.45, 7) is 6.34. The molecule has 3 atom stereocenters. The quantitative estimate of drug-likeness (QED) is 0.319. The third-order valence-electron chi connectivity index (χ3n) is 8.56. The summed E-state index contributed by atoms with van der Waals surface area (Å²) < 4.78 is 12.1. The molecule has 8 nitrogen and oxygen atoms in total. The Morgan fingerprint density at radius 2 is 1.82 bits per heavy atom. The van der Waals surface area contributed by atoms with Crippen LogP contribution in [0.1, 0.15) is 78.7 Å². The number of benzene rings is 2. The molecule has 0 radical (unpaired) electrons. The Morgan fingerprint density at radius 1 is 1.10 bits per heavy atom. The molecule has 0 bridgehead atoms. The second-order valence-corrected chi connectivity index (χ2v) is 11.3. The minimum Gasteiger partial charge on any atom is -0.487 e. The monoisotopic (exact) mass is 545 g/mol. The van der Waals surface area contributed by atoms with Crippen molar-refractivity contribution in [1.82, 2.24) is 10.1 Å². The van der Waals surface area contributed by atoms with Crippen molar-refractivity contribution in [1.29, 1.82) is 0 Å². The van der Waals surface area contributed by atoms with Crippen LogP contribution in [0.5, 0.6) is 5.75 Å². The number of carboxylic acid groups (broad SMARTS) is 1. The van der Waals surface area contributed by atoms with E-state index in [1.165, 1.54) is 29.7 Å². The number of ether oxygens (including phenoxy) is 1. The molecule has 1 aliphatic heterocycles. The Labute approximate surface area is 235 Å². The van der Waals surface area contributed by atoms with Crippen LogP contribution >= 0.6 is 0 Å². The highest BCUT2D eigenvalue weighted by Gasteiger charge is 2.41. The Bertz CT molecular complexity index is 1340. The van der Waals surface area contributed by atoms with E-state index in [4.69, 9.17) is 14.4 Å². The molecule has 0 spiro atoms. The van der Waals surface area contributed by atoms with E-state index in [1.807, 2.05) is 38.1 Å². The van der Waals surface area contributed by atoms with Gasteiger partial charge in [0.1, 0.15) is 17.6 Å². The fraction of sp³-hybridized carbons (Fsp3) is 0.469. The second kappa shape index (κ2) is 11.7. The normalized spacial score (nSPS) is 19.5. The Morgan fingerprint density at radius 3 is 2.48 bits per heavy atom. The highest BCUT2D eigenvalue weighted by Crippen LogP contribution is 2.45. The van der Waals surface area contributed by atoms with Crippen LogP contribution in [0.25, 0.3) is 11.1 Å². The number of anilines is 1. The molecule has 2 aliphatic rings. The molecule has 1 saturated carbocycles. The van der Waals surface area contributed by atoms with Crippen molar-refractivity contribution in [3.8, 4) is 16.9 Å². The molecular weight excluding hydrogens is 506 g/mol. The first-order valence-corrected chi connectivity index (χ1v) is 14.3. The topological polar surface area (TPSA) is 105 Å². The lowest BCUT2D eigenvalue weighted by Crippen LogP contribution is -2.44. The summed E-state index contributed by atoms with van der Waals surface area (Å²) in [4.78, 5) is 25.1. The van der Waals surface area contributed by atoms with Gasteiger partial charge in [0.15, 0.2) is 0 Å². The summed E-state index contributed by atoms with van der Waals surface area (Å²) in [6.07, 6.45) is 5.95. The summed E-state index contributed by atoms with van der Waals surface area (Å²) in [5.41, 5.74) is 5.72. The van der Waals surface area contributed by atoms with Crippen LogP contribution in [0.3, 0.4) is 0 Å². The van der Waals surface area contributed by atoms with Gasteiger partial charge in [0, 0.05) is 41.9 Å². The Hall–Kier alpha value is -3.81. The van der Waals surface area contributed by atoms with Crippen molar-refractivity contribution in [3.63, 3.8) is 0 Å². The SMILES string of the molecule is Cc1noc(C)c1-c1ccc2c(c1)C(C)C(C(Nc1ccc(C(=O)N(C)CCC(=O)O)cc1)C1CCCCC1)O2. The van der Waals surface area contributed by atoms with Crippen molar-refractivity contribution < 1.29 is 24.0 Å². The fourth-order valence-electron chi connectivity index (χ4n) is 6.32. The first-order chi connectivity index (χ1) is 19.2. The minimum atomic E-state index is -0.918. The standard InChI is InChI=1S/C32H39N3O5/c1-19-26-18-24(29-20(2)34-40-21(29)3)12-15-27(26)39-31(19)30(22-8-6-5-7-9-22)33-25-13-10-23(11-14-25)32(38)35(4)17-16-28(36)37/h10-15,18-19,22,30-31,33H,5-9,16-17H2,1-4H3,(H,36,37). The maximum absolute atomic E-state index is 12.8. The minimum absolute atomic E-state index is 0.0264. The summed E-state index contributed by atoms with van der Waals surface area (Å²) in [6, 6.07) is 14.0. The first-order valence-electron chi connectivity index (χ1n) is 14.3. The zero-order valence-corrected chi connectivity index (χ0v) is 23.8. The molecule has 8 heteroatoms. The number of rotatable bonds is 9. The van der Waals surface area contributed by atoms with Crippen LogP contribution in [0.4, 0.5) is 5.69 Å². The van der Waals surface area contributed by atoms with E-state index in [0.29, 0.717) is 11.5 Å². The fourth-order valence-corrected chi connectivity index (χ4v) is 6.32. The van der Waals surface area contributed by atoms with Crippen molar-refractivity contribution in [2.45, 2.75) is 77.4 Å². The molecule has 3 unspecified atom stereocenters. The number of nitrogens with zero attached hydrogens (tertiary/aromatic N) is 2. The molecule has 212 valence electrons. The summed E-state index contributed by atoms with van der Waals surface area (Å²) in [7, 11) is 1.63. The molecule has 2 heterocycles. The number of fused-ring (bicyclic) bond motifs is 1. The summed E-state index contributed by atoms with van der Waals surface area (Å²) >= 11 is 0. The number of nitrogens with one attached hydrogen (secondary N) is 1. The average Bonchev–Trinajstić information content (AvgIpc) is 3.47. The lowest BCUT2D eigenvalue weighted by Gasteiger charge is -2.36. The zero-order chi connectivity index (χ0) is 28.4. The van der Waals surface area contributed by atoms with Gasteiger partial charge in [0.05, 0.1) is 18.2 Å². The molecule has 3 aromatic rings. The van der Waals surface area contributed by atoms with E-state index in [-0.39, 0.29) is 36.9 Å². The van der Waals surface area contributed by atoms with Gasteiger partial charge in [-0.2, -0.15) is 0 Å². The van der Waals surface area contributed by atoms with E-state index in [2.05, 4.69) is 35.6 Å². The van der Waals surface area contributed by atoms with E-state index in [0.717, 1.165) is 46.9 Å². The number of carbonyl (C=O) groups excluding carboxylic acids is 1. The van der Waals surface area contributed by atoms with Crippen molar-refractivity contribution in [2.24, 2.45) is 5.92 Å². The maximum atomic E-state index is 12.8. The van der Waals surface area contributed by atoms with Gasteiger partial charge >= 0.3 is 5.97 Å². The molecule has 1 aromatic heterocycles. The Kier molecular flexibility index (Phi) is 8.14. The number of hydrogen-bond donors (Lipinski definition) is 2. The molecule has 2 aromatic carbocycles. The lowest BCUT2D eigenvalue weighted by molar-refractivity contribution is -0.137.